The van der Waals surface area contributed by atoms with Crippen molar-refractivity contribution in [3.8, 4) is 0 Å². The molecular weight excluding hydrogens is 394 g/mol. The molecule has 152 valence electrons. The Morgan fingerprint density at radius 1 is 1.03 bits per heavy atom. The maximum Gasteiger partial charge on any atom is 0.332 e. The number of hydrogen-bond acceptors (Lipinski definition) is 5. The van der Waals surface area contributed by atoms with E-state index in [1.807, 2.05) is 19.1 Å². The van der Waals surface area contributed by atoms with Crippen LogP contribution >= 0.6 is 0 Å². The lowest BCUT2D eigenvalue weighted by atomic mass is 10.2. The maximum atomic E-state index is 12.7. The molecule has 0 aromatic heterocycles. The number of aryl methyl sites for hydroxylation is 1. The van der Waals surface area contributed by atoms with Crippen molar-refractivity contribution in [3.05, 3.63) is 54.1 Å². The third-order valence-electron chi connectivity index (χ3n) is 4.63. The van der Waals surface area contributed by atoms with E-state index in [0.29, 0.717) is 11.4 Å². The molecule has 1 atom stereocenters. The summed E-state index contributed by atoms with van der Waals surface area (Å²) in [5.41, 5.74) is 1.98. The SMILES string of the molecule is Cc1ccc(N2C(=O)N(CC(=O)Nc3ccc(S(C)(=O)=O)cc3)C(=O)[C@@H]2C)cc1. The molecule has 3 rings (SSSR count). The van der Waals surface area contributed by atoms with Crippen LogP contribution in [0, 0.1) is 6.92 Å². The Morgan fingerprint density at radius 3 is 2.17 bits per heavy atom. The second-order valence-electron chi connectivity index (χ2n) is 6.93. The fraction of sp³-hybridized carbons (Fsp3) is 0.250. The molecule has 0 aliphatic carbocycles. The molecule has 8 nitrogen and oxygen atoms in total. The number of anilines is 2. The van der Waals surface area contributed by atoms with Gasteiger partial charge in [0.2, 0.25) is 5.91 Å². The van der Waals surface area contributed by atoms with Crippen LogP contribution in [0.3, 0.4) is 0 Å². The van der Waals surface area contributed by atoms with E-state index in [0.717, 1.165) is 16.7 Å². The van der Waals surface area contributed by atoms with Crippen LogP contribution in [0.4, 0.5) is 16.2 Å². The van der Waals surface area contributed by atoms with Gasteiger partial charge in [0.25, 0.3) is 5.91 Å². The average Bonchev–Trinajstić information content (AvgIpc) is 2.86. The van der Waals surface area contributed by atoms with E-state index >= 15 is 0 Å². The highest BCUT2D eigenvalue weighted by molar-refractivity contribution is 7.90. The fourth-order valence-corrected chi connectivity index (χ4v) is 3.67. The van der Waals surface area contributed by atoms with E-state index in [9.17, 15) is 22.8 Å². The molecule has 0 spiro atoms. The van der Waals surface area contributed by atoms with Gasteiger partial charge in [-0.25, -0.2) is 13.2 Å². The summed E-state index contributed by atoms with van der Waals surface area (Å²) in [7, 11) is -3.34. The van der Waals surface area contributed by atoms with Crippen molar-refractivity contribution in [2.45, 2.75) is 24.8 Å². The molecule has 9 heteroatoms. The van der Waals surface area contributed by atoms with E-state index in [1.165, 1.54) is 29.2 Å². The van der Waals surface area contributed by atoms with E-state index in [2.05, 4.69) is 5.32 Å². The molecule has 1 heterocycles. The summed E-state index contributed by atoms with van der Waals surface area (Å²) in [4.78, 5) is 40.0. The van der Waals surface area contributed by atoms with Crippen molar-refractivity contribution in [3.63, 3.8) is 0 Å². The van der Waals surface area contributed by atoms with Crippen LogP contribution in [0.1, 0.15) is 12.5 Å². The van der Waals surface area contributed by atoms with Crippen molar-refractivity contribution in [1.82, 2.24) is 4.90 Å². The molecule has 2 aromatic rings. The van der Waals surface area contributed by atoms with Gasteiger partial charge in [0, 0.05) is 17.6 Å². The molecule has 0 saturated carbocycles. The zero-order valence-electron chi connectivity index (χ0n) is 16.2. The molecule has 0 unspecified atom stereocenters. The molecule has 1 fully saturated rings. The smallest absolute Gasteiger partial charge is 0.325 e. The number of sulfone groups is 1. The zero-order valence-corrected chi connectivity index (χ0v) is 17.1. The van der Waals surface area contributed by atoms with Gasteiger partial charge in [-0.3, -0.25) is 19.4 Å². The molecule has 1 aliphatic heterocycles. The summed E-state index contributed by atoms with van der Waals surface area (Å²) in [6.45, 7) is 3.10. The Hall–Kier alpha value is -3.20. The third-order valence-corrected chi connectivity index (χ3v) is 5.76. The van der Waals surface area contributed by atoms with Crippen molar-refractivity contribution in [1.29, 1.82) is 0 Å². The molecular formula is C20H21N3O5S. The second-order valence-corrected chi connectivity index (χ2v) is 8.95. The largest absolute Gasteiger partial charge is 0.332 e. The first-order chi connectivity index (χ1) is 13.6. The van der Waals surface area contributed by atoms with Gasteiger partial charge >= 0.3 is 6.03 Å². The van der Waals surface area contributed by atoms with E-state index in [1.54, 1.807) is 19.1 Å². The number of benzene rings is 2. The van der Waals surface area contributed by atoms with Crippen LogP contribution in [0.2, 0.25) is 0 Å². The zero-order chi connectivity index (χ0) is 21.3. The van der Waals surface area contributed by atoms with Gasteiger partial charge in [-0.05, 0) is 50.2 Å². The Kier molecular flexibility index (Phi) is 5.43. The standard InChI is InChI=1S/C20H21N3O5S/c1-13-4-8-16(9-5-13)23-14(2)19(25)22(20(23)26)12-18(24)21-15-6-10-17(11-7-15)29(3,27)28/h4-11,14H,12H2,1-3H3,(H,21,24)/t14-/m0/s1. The minimum atomic E-state index is -3.34. The maximum absolute atomic E-state index is 12.7. The summed E-state index contributed by atoms with van der Waals surface area (Å²) in [6, 6.07) is 11.6. The molecule has 1 aliphatic rings. The highest BCUT2D eigenvalue weighted by Gasteiger charge is 2.44. The van der Waals surface area contributed by atoms with Gasteiger partial charge in [0.05, 0.1) is 4.90 Å². The molecule has 29 heavy (non-hydrogen) atoms. The average molecular weight is 415 g/mol. The van der Waals surface area contributed by atoms with Crippen molar-refractivity contribution >= 4 is 39.1 Å². The summed E-state index contributed by atoms with van der Waals surface area (Å²) in [5, 5.41) is 2.57. The predicted molar refractivity (Wildman–Crippen MR) is 108 cm³/mol. The minimum Gasteiger partial charge on any atom is -0.325 e. The topological polar surface area (TPSA) is 104 Å². The Labute approximate surface area is 169 Å². The van der Waals surface area contributed by atoms with Gasteiger partial charge in [0.15, 0.2) is 9.84 Å². The van der Waals surface area contributed by atoms with Crippen LogP contribution in [0.25, 0.3) is 0 Å². The van der Waals surface area contributed by atoms with Crippen LogP contribution in [-0.2, 0) is 19.4 Å². The Morgan fingerprint density at radius 2 is 1.62 bits per heavy atom. The molecule has 2 aromatic carbocycles. The highest BCUT2D eigenvalue weighted by Crippen LogP contribution is 2.26. The number of hydrogen-bond donors (Lipinski definition) is 1. The molecule has 1 N–H and O–H groups in total. The Balaban J connectivity index is 1.70. The highest BCUT2D eigenvalue weighted by atomic mass is 32.2. The predicted octanol–water partition coefficient (Wildman–Crippen LogP) is 2.19. The quantitative estimate of drug-likeness (QED) is 0.754. The number of carbonyl (C=O) groups is 3. The van der Waals surface area contributed by atoms with Crippen LogP contribution in [0.15, 0.2) is 53.4 Å². The van der Waals surface area contributed by atoms with Gasteiger partial charge in [-0.2, -0.15) is 0 Å². The lowest BCUT2D eigenvalue weighted by molar-refractivity contribution is -0.130. The number of rotatable bonds is 5. The van der Waals surface area contributed by atoms with E-state index in [4.69, 9.17) is 0 Å². The number of carbonyl (C=O) groups excluding carboxylic acids is 3. The second kappa shape index (κ2) is 7.67. The van der Waals surface area contributed by atoms with Crippen molar-refractivity contribution < 1.29 is 22.8 Å². The molecule has 1 saturated heterocycles. The number of amides is 4. The third kappa shape index (κ3) is 4.29. The molecule has 0 bridgehead atoms. The minimum absolute atomic E-state index is 0.128. The lowest BCUT2D eigenvalue weighted by Crippen LogP contribution is -2.39. The molecule has 4 amide bonds. The van der Waals surface area contributed by atoms with Crippen LogP contribution in [-0.4, -0.2) is 50.0 Å². The normalized spacial score (nSPS) is 17.0. The first kappa shape index (κ1) is 20.5. The van der Waals surface area contributed by atoms with Gasteiger partial charge in [0.1, 0.15) is 12.6 Å². The summed E-state index contributed by atoms with van der Waals surface area (Å²) >= 11 is 0. The summed E-state index contributed by atoms with van der Waals surface area (Å²) < 4.78 is 23.0. The first-order valence-corrected chi connectivity index (χ1v) is 10.8. The van der Waals surface area contributed by atoms with E-state index in [-0.39, 0.29) is 4.90 Å². The van der Waals surface area contributed by atoms with Crippen molar-refractivity contribution in [2.24, 2.45) is 0 Å². The van der Waals surface area contributed by atoms with E-state index < -0.39 is 40.3 Å². The van der Waals surface area contributed by atoms with Gasteiger partial charge in [-0.15, -0.1) is 0 Å². The Bertz CT molecular complexity index is 1060. The molecule has 0 radical (unpaired) electrons. The van der Waals surface area contributed by atoms with Gasteiger partial charge < -0.3 is 5.32 Å². The van der Waals surface area contributed by atoms with Crippen LogP contribution in [0.5, 0.6) is 0 Å². The number of urea groups is 1. The summed E-state index contributed by atoms with van der Waals surface area (Å²) in [5.74, 6) is -1.02. The number of imide groups is 1. The number of nitrogens with one attached hydrogen (secondary N) is 1. The number of nitrogens with zero attached hydrogens (tertiary/aromatic N) is 2. The fourth-order valence-electron chi connectivity index (χ4n) is 3.04. The lowest BCUT2D eigenvalue weighted by Gasteiger charge is -2.19. The summed E-state index contributed by atoms with van der Waals surface area (Å²) in [6.07, 6.45) is 1.09. The van der Waals surface area contributed by atoms with Crippen molar-refractivity contribution in [2.75, 3.05) is 23.0 Å². The first-order valence-electron chi connectivity index (χ1n) is 8.89. The van der Waals surface area contributed by atoms with Crippen LogP contribution < -0.4 is 10.2 Å². The monoisotopic (exact) mass is 415 g/mol. The van der Waals surface area contributed by atoms with Gasteiger partial charge in [-0.1, -0.05) is 17.7 Å².